The van der Waals surface area contributed by atoms with E-state index in [0.717, 1.165) is 25.4 Å². The summed E-state index contributed by atoms with van der Waals surface area (Å²) in [5.74, 6) is 1.61. The topological polar surface area (TPSA) is 12.5 Å². The molecule has 90 valence electrons. The summed E-state index contributed by atoms with van der Waals surface area (Å²) in [6, 6.07) is 0. The molecule has 1 unspecified atom stereocenters. The molecule has 0 radical (unpaired) electrons. The zero-order chi connectivity index (χ0) is 11.7. The maximum Gasteiger partial charge on any atom is 0.0760 e. The van der Waals surface area contributed by atoms with Gasteiger partial charge in [0.15, 0.2) is 0 Å². The highest BCUT2D eigenvalue weighted by atomic mass is 32.1. The quantitative estimate of drug-likeness (QED) is 0.749. The molecule has 0 aromatic rings. The van der Waals surface area contributed by atoms with Crippen molar-refractivity contribution < 1.29 is 4.74 Å². The summed E-state index contributed by atoms with van der Waals surface area (Å²) < 4.78 is 6.05. The molecule has 0 aromatic heterocycles. The molecule has 1 heterocycles. The van der Waals surface area contributed by atoms with E-state index in [1.807, 2.05) is 0 Å². The SMILES string of the molecule is CC(CS)CN1CC(C)(C)OC(C)(C)C1. The van der Waals surface area contributed by atoms with E-state index in [2.05, 4.69) is 52.1 Å². The summed E-state index contributed by atoms with van der Waals surface area (Å²) in [5.41, 5.74) is -0.0594. The van der Waals surface area contributed by atoms with Gasteiger partial charge in [-0.1, -0.05) is 6.92 Å². The Bertz CT molecular complexity index is 200. The second-order valence-corrected chi connectivity index (χ2v) is 6.44. The van der Waals surface area contributed by atoms with E-state index in [4.69, 9.17) is 4.74 Å². The second kappa shape index (κ2) is 4.64. The van der Waals surface area contributed by atoms with Crippen molar-refractivity contribution >= 4 is 12.6 Å². The summed E-state index contributed by atoms with van der Waals surface area (Å²) in [7, 11) is 0. The third-order valence-corrected chi connectivity index (χ3v) is 3.27. The van der Waals surface area contributed by atoms with Crippen molar-refractivity contribution in [3.05, 3.63) is 0 Å². The van der Waals surface area contributed by atoms with E-state index in [1.54, 1.807) is 0 Å². The van der Waals surface area contributed by atoms with Gasteiger partial charge in [-0.2, -0.15) is 12.6 Å². The lowest BCUT2D eigenvalue weighted by atomic mass is 9.98. The maximum atomic E-state index is 6.05. The number of hydrogen-bond donors (Lipinski definition) is 1. The summed E-state index contributed by atoms with van der Waals surface area (Å²) in [6.45, 7) is 14.1. The van der Waals surface area contributed by atoms with Gasteiger partial charge in [-0.3, -0.25) is 4.90 Å². The van der Waals surface area contributed by atoms with Crippen molar-refractivity contribution in [2.45, 2.75) is 45.8 Å². The zero-order valence-corrected chi connectivity index (χ0v) is 11.6. The van der Waals surface area contributed by atoms with Gasteiger partial charge in [-0.25, -0.2) is 0 Å². The van der Waals surface area contributed by atoms with Crippen molar-refractivity contribution in [3.63, 3.8) is 0 Å². The van der Waals surface area contributed by atoms with E-state index in [1.165, 1.54) is 0 Å². The molecular formula is C12H25NOS. The molecule has 0 N–H and O–H groups in total. The van der Waals surface area contributed by atoms with Gasteiger partial charge >= 0.3 is 0 Å². The van der Waals surface area contributed by atoms with Gasteiger partial charge in [0.1, 0.15) is 0 Å². The largest absolute Gasteiger partial charge is 0.367 e. The van der Waals surface area contributed by atoms with E-state index in [9.17, 15) is 0 Å². The van der Waals surface area contributed by atoms with Crippen LogP contribution in [-0.2, 0) is 4.74 Å². The Hall–Kier alpha value is 0.270. The van der Waals surface area contributed by atoms with Crippen LogP contribution < -0.4 is 0 Å². The van der Waals surface area contributed by atoms with Crippen LogP contribution in [0.1, 0.15) is 34.6 Å². The summed E-state index contributed by atoms with van der Waals surface area (Å²) >= 11 is 4.34. The minimum absolute atomic E-state index is 0.0297. The predicted molar refractivity (Wildman–Crippen MR) is 68.7 cm³/mol. The van der Waals surface area contributed by atoms with Gasteiger partial charge in [-0.05, 0) is 39.4 Å². The molecule has 15 heavy (non-hydrogen) atoms. The summed E-state index contributed by atoms with van der Waals surface area (Å²) in [4.78, 5) is 2.50. The first-order chi connectivity index (χ1) is 6.74. The average Bonchev–Trinajstić information content (AvgIpc) is 1.97. The highest BCUT2D eigenvalue weighted by Gasteiger charge is 2.38. The Morgan fingerprint density at radius 3 is 2.07 bits per heavy atom. The first kappa shape index (κ1) is 13.3. The fourth-order valence-electron chi connectivity index (χ4n) is 2.57. The molecule has 0 amide bonds. The van der Waals surface area contributed by atoms with E-state index in [0.29, 0.717) is 5.92 Å². The molecule has 1 atom stereocenters. The van der Waals surface area contributed by atoms with Crippen LogP contribution in [0.25, 0.3) is 0 Å². The van der Waals surface area contributed by atoms with Gasteiger partial charge in [-0.15, -0.1) is 0 Å². The third-order valence-electron chi connectivity index (χ3n) is 2.64. The number of nitrogens with zero attached hydrogens (tertiary/aromatic N) is 1. The first-order valence-electron chi connectivity index (χ1n) is 5.77. The standard InChI is InChI=1S/C12H25NOS/c1-10(7-15)6-13-8-11(2,3)14-12(4,5)9-13/h10,15H,6-9H2,1-5H3. The number of thiol groups is 1. The van der Waals surface area contributed by atoms with Crippen LogP contribution in [0.15, 0.2) is 0 Å². The first-order valence-corrected chi connectivity index (χ1v) is 6.41. The molecule has 1 aliphatic heterocycles. The maximum absolute atomic E-state index is 6.05. The number of hydrogen-bond acceptors (Lipinski definition) is 3. The fraction of sp³-hybridized carbons (Fsp3) is 1.00. The molecule has 1 saturated heterocycles. The minimum Gasteiger partial charge on any atom is -0.367 e. The highest BCUT2D eigenvalue weighted by Crippen LogP contribution is 2.28. The van der Waals surface area contributed by atoms with Crippen LogP contribution in [-0.4, -0.2) is 41.5 Å². The Morgan fingerprint density at radius 2 is 1.67 bits per heavy atom. The van der Waals surface area contributed by atoms with Crippen molar-refractivity contribution in [2.24, 2.45) is 5.92 Å². The van der Waals surface area contributed by atoms with Crippen molar-refractivity contribution in [2.75, 3.05) is 25.4 Å². The van der Waals surface area contributed by atoms with Crippen LogP contribution in [0.5, 0.6) is 0 Å². The van der Waals surface area contributed by atoms with Crippen LogP contribution >= 0.6 is 12.6 Å². The smallest absolute Gasteiger partial charge is 0.0760 e. The van der Waals surface area contributed by atoms with Gasteiger partial charge in [0.25, 0.3) is 0 Å². The normalized spacial score (nSPS) is 27.6. The molecule has 1 fully saturated rings. The Labute approximate surface area is 99.8 Å². The van der Waals surface area contributed by atoms with E-state index >= 15 is 0 Å². The molecule has 2 nitrogen and oxygen atoms in total. The Kier molecular flexibility index (Phi) is 4.13. The number of rotatable bonds is 3. The summed E-state index contributed by atoms with van der Waals surface area (Å²) in [6.07, 6.45) is 0. The molecule has 0 spiro atoms. The van der Waals surface area contributed by atoms with Gasteiger partial charge in [0.05, 0.1) is 11.2 Å². The fourth-order valence-corrected chi connectivity index (χ4v) is 2.69. The Morgan fingerprint density at radius 1 is 1.20 bits per heavy atom. The lowest BCUT2D eigenvalue weighted by molar-refractivity contribution is -0.181. The molecule has 0 aliphatic carbocycles. The molecule has 1 aliphatic rings. The summed E-state index contributed by atoms with van der Waals surface area (Å²) in [5, 5.41) is 0. The van der Waals surface area contributed by atoms with Crippen molar-refractivity contribution in [3.8, 4) is 0 Å². The average molecular weight is 231 g/mol. The number of ether oxygens (including phenoxy) is 1. The molecule has 1 rings (SSSR count). The van der Waals surface area contributed by atoms with E-state index in [-0.39, 0.29) is 11.2 Å². The van der Waals surface area contributed by atoms with Gasteiger partial charge in [0.2, 0.25) is 0 Å². The monoisotopic (exact) mass is 231 g/mol. The molecule has 0 saturated carbocycles. The van der Waals surface area contributed by atoms with Crippen LogP contribution in [0.3, 0.4) is 0 Å². The zero-order valence-electron chi connectivity index (χ0n) is 10.7. The molecule has 0 bridgehead atoms. The minimum atomic E-state index is -0.0297. The second-order valence-electron chi connectivity index (χ2n) is 6.08. The molecule has 3 heteroatoms. The van der Waals surface area contributed by atoms with Crippen molar-refractivity contribution in [1.29, 1.82) is 0 Å². The predicted octanol–water partition coefficient (Wildman–Crippen LogP) is 2.44. The Balaban J connectivity index is 2.59. The number of morpholine rings is 1. The van der Waals surface area contributed by atoms with E-state index < -0.39 is 0 Å². The van der Waals surface area contributed by atoms with Gasteiger partial charge in [0, 0.05) is 19.6 Å². The lowest BCUT2D eigenvalue weighted by Gasteiger charge is -2.47. The van der Waals surface area contributed by atoms with Crippen molar-refractivity contribution in [1.82, 2.24) is 4.90 Å². The molecular weight excluding hydrogens is 206 g/mol. The van der Waals surface area contributed by atoms with Gasteiger partial charge < -0.3 is 4.74 Å². The third kappa shape index (κ3) is 4.33. The van der Waals surface area contributed by atoms with Crippen LogP contribution in [0, 0.1) is 5.92 Å². The highest BCUT2D eigenvalue weighted by molar-refractivity contribution is 7.80. The lowest BCUT2D eigenvalue weighted by Crippen LogP contribution is -2.57. The van der Waals surface area contributed by atoms with Crippen LogP contribution in [0.2, 0.25) is 0 Å². The van der Waals surface area contributed by atoms with Crippen LogP contribution in [0.4, 0.5) is 0 Å². The molecule has 0 aromatic carbocycles.